The predicted molar refractivity (Wildman–Crippen MR) is 88.1 cm³/mol. The minimum atomic E-state index is -0.495. The molecule has 0 amide bonds. The standard InChI is InChI=1S/C18H19NO4/c1-4-6-13-7-8-15(16(11-13)21-3)23-18(20)14-9-10-19-17(12-14)22-5-2/h4,6-12H,5H2,1-3H3/b6-4+. The molecule has 1 heterocycles. The molecule has 0 aliphatic heterocycles. The molecule has 0 aliphatic rings. The Morgan fingerprint density at radius 2 is 2.04 bits per heavy atom. The van der Waals surface area contributed by atoms with Crippen LogP contribution in [-0.4, -0.2) is 24.7 Å². The molecule has 120 valence electrons. The summed E-state index contributed by atoms with van der Waals surface area (Å²) < 4.78 is 16.0. The number of aromatic nitrogens is 1. The van der Waals surface area contributed by atoms with Crippen molar-refractivity contribution < 1.29 is 19.0 Å². The van der Waals surface area contributed by atoms with Gasteiger partial charge in [0.05, 0.1) is 19.3 Å². The van der Waals surface area contributed by atoms with E-state index >= 15 is 0 Å². The van der Waals surface area contributed by atoms with Gasteiger partial charge in [-0.2, -0.15) is 0 Å². The average Bonchev–Trinajstić information content (AvgIpc) is 2.57. The number of esters is 1. The highest BCUT2D eigenvalue weighted by molar-refractivity contribution is 5.91. The largest absolute Gasteiger partial charge is 0.493 e. The highest BCUT2D eigenvalue weighted by Gasteiger charge is 2.13. The number of benzene rings is 1. The number of methoxy groups -OCH3 is 1. The number of carbonyl (C=O) groups is 1. The minimum Gasteiger partial charge on any atom is -0.493 e. The summed E-state index contributed by atoms with van der Waals surface area (Å²) in [6, 6.07) is 8.48. The van der Waals surface area contributed by atoms with Crippen LogP contribution in [0, 0.1) is 0 Å². The van der Waals surface area contributed by atoms with E-state index in [1.165, 1.54) is 13.3 Å². The Labute approximate surface area is 135 Å². The summed E-state index contributed by atoms with van der Waals surface area (Å²) in [6.07, 6.45) is 5.37. The number of pyridine rings is 1. The third-order valence-electron chi connectivity index (χ3n) is 3.01. The lowest BCUT2D eigenvalue weighted by Crippen LogP contribution is -2.10. The fourth-order valence-electron chi connectivity index (χ4n) is 1.99. The van der Waals surface area contributed by atoms with Gasteiger partial charge in [-0.25, -0.2) is 9.78 Å². The van der Waals surface area contributed by atoms with Gasteiger partial charge in [-0.3, -0.25) is 0 Å². The first-order valence-electron chi connectivity index (χ1n) is 7.29. The third kappa shape index (κ3) is 4.32. The molecule has 0 fully saturated rings. The number of allylic oxidation sites excluding steroid dienone is 1. The third-order valence-corrected chi connectivity index (χ3v) is 3.01. The lowest BCUT2D eigenvalue weighted by atomic mass is 10.2. The molecule has 0 saturated heterocycles. The second-order valence-electron chi connectivity index (χ2n) is 4.62. The summed E-state index contributed by atoms with van der Waals surface area (Å²) >= 11 is 0. The van der Waals surface area contributed by atoms with Crippen molar-refractivity contribution in [2.75, 3.05) is 13.7 Å². The van der Waals surface area contributed by atoms with E-state index in [-0.39, 0.29) is 0 Å². The van der Waals surface area contributed by atoms with Crippen LogP contribution in [0.4, 0.5) is 0 Å². The van der Waals surface area contributed by atoms with Crippen LogP contribution in [0.2, 0.25) is 0 Å². The van der Waals surface area contributed by atoms with E-state index in [9.17, 15) is 4.79 Å². The van der Waals surface area contributed by atoms with Gasteiger partial charge in [0, 0.05) is 12.3 Å². The monoisotopic (exact) mass is 313 g/mol. The van der Waals surface area contributed by atoms with Gasteiger partial charge in [0.25, 0.3) is 0 Å². The van der Waals surface area contributed by atoms with Crippen LogP contribution in [-0.2, 0) is 0 Å². The Morgan fingerprint density at radius 1 is 1.22 bits per heavy atom. The Bertz CT molecular complexity index is 710. The maximum absolute atomic E-state index is 12.3. The van der Waals surface area contributed by atoms with Gasteiger partial charge in [-0.15, -0.1) is 0 Å². The van der Waals surface area contributed by atoms with E-state index in [1.54, 1.807) is 24.3 Å². The van der Waals surface area contributed by atoms with Crippen LogP contribution in [0.3, 0.4) is 0 Å². The molecule has 1 aromatic carbocycles. The zero-order valence-corrected chi connectivity index (χ0v) is 13.4. The number of hydrogen-bond donors (Lipinski definition) is 0. The Hall–Kier alpha value is -2.82. The first-order chi connectivity index (χ1) is 11.2. The first kappa shape index (κ1) is 16.5. The summed E-state index contributed by atoms with van der Waals surface area (Å²) in [6.45, 7) is 4.26. The molecule has 0 saturated carbocycles. The van der Waals surface area contributed by atoms with Crippen LogP contribution in [0.1, 0.15) is 29.8 Å². The molecule has 2 rings (SSSR count). The summed E-state index contributed by atoms with van der Waals surface area (Å²) in [5.41, 5.74) is 1.33. The van der Waals surface area contributed by atoms with Crippen LogP contribution in [0.25, 0.3) is 6.08 Å². The summed E-state index contributed by atoms with van der Waals surface area (Å²) in [5.74, 6) is 0.747. The lowest BCUT2D eigenvalue weighted by molar-refractivity contribution is 0.0729. The SMILES string of the molecule is C/C=C/c1ccc(OC(=O)c2ccnc(OCC)c2)c(OC)c1. The van der Waals surface area contributed by atoms with Crippen LogP contribution in [0.5, 0.6) is 17.4 Å². The first-order valence-corrected chi connectivity index (χ1v) is 7.29. The molecule has 5 nitrogen and oxygen atoms in total. The van der Waals surface area contributed by atoms with Crippen molar-refractivity contribution in [3.05, 3.63) is 53.7 Å². The van der Waals surface area contributed by atoms with Crippen molar-refractivity contribution in [2.45, 2.75) is 13.8 Å². The average molecular weight is 313 g/mol. The Morgan fingerprint density at radius 3 is 2.74 bits per heavy atom. The van der Waals surface area contributed by atoms with Crippen molar-refractivity contribution in [3.63, 3.8) is 0 Å². The maximum atomic E-state index is 12.3. The highest BCUT2D eigenvalue weighted by atomic mass is 16.6. The molecular weight excluding hydrogens is 294 g/mol. The zero-order chi connectivity index (χ0) is 16.7. The van der Waals surface area contributed by atoms with Gasteiger partial charge in [-0.05, 0) is 37.6 Å². The number of ether oxygens (including phenoxy) is 3. The van der Waals surface area contributed by atoms with Crippen molar-refractivity contribution in [3.8, 4) is 17.4 Å². The molecule has 5 heteroatoms. The van der Waals surface area contributed by atoms with Gasteiger partial charge in [0.1, 0.15) is 0 Å². The van der Waals surface area contributed by atoms with E-state index in [0.29, 0.717) is 29.5 Å². The lowest BCUT2D eigenvalue weighted by Gasteiger charge is -2.10. The molecule has 0 N–H and O–H groups in total. The number of carbonyl (C=O) groups excluding carboxylic acids is 1. The van der Waals surface area contributed by atoms with Gasteiger partial charge in [0.15, 0.2) is 11.5 Å². The van der Waals surface area contributed by atoms with E-state index < -0.39 is 5.97 Å². The van der Waals surface area contributed by atoms with E-state index in [0.717, 1.165) is 5.56 Å². The van der Waals surface area contributed by atoms with Gasteiger partial charge in [-0.1, -0.05) is 18.2 Å². The van der Waals surface area contributed by atoms with E-state index in [4.69, 9.17) is 14.2 Å². The van der Waals surface area contributed by atoms with Crippen molar-refractivity contribution in [1.82, 2.24) is 4.98 Å². The molecule has 2 aromatic rings. The highest BCUT2D eigenvalue weighted by Crippen LogP contribution is 2.29. The molecule has 0 atom stereocenters. The van der Waals surface area contributed by atoms with Gasteiger partial charge in [0.2, 0.25) is 5.88 Å². The molecule has 23 heavy (non-hydrogen) atoms. The van der Waals surface area contributed by atoms with Crippen LogP contribution < -0.4 is 14.2 Å². The fraction of sp³-hybridized carbons (Fsp3) is 0.222. The van der Waals surface area contributed by atoms with Crippen molar-refractivity contribution >= 4 is 12.0 Å². The smallest absolute Gasteiger partial charge is 0.343 e. The molecule has 0 radical (unpaired) electrons. The molecule has 1 aromatic heterocycles. The summed E-state index contributed by atoms with van der Waals surface area (Å²) in [7, 11) is 1.53. The van der Waals surface area contributed by atoms with E-state index in [1.807, 2.05) is 32.1 Å². The second-order valence-corrected chi connectivity index (χ2v) is 4.62. The number of nitrogens with zero attached hydrogens (tertiary/aromatic N) is 1. The van der Waals surface area contributed by atoms with E-state index in [2.05, 4.69) is 4.98 Å². The fourth-order valence-corrected chi connectivity index (χ4v) is 1.99. The molecule has 0 unspecified atom stereocenters. The summed E-state index contributed by atoms with van der Waals surface area (Å²) in [4.78, 5) is 16.3. The van der Waals surface area contributed by atoms with Gasteiger partial charge >= 0.3 is 5.97 Å². The topological polar surface area (TPSA) is 57.7 Å². The van der Waals surface area contributed by atoms with Crippen LogP contribution in [0.15, 0.2) is 42.6 Å². The van der Waals surface area contributed by atoms with Crippen molar-refractivity contribution in [2.24, 2.45) is 0 Å². The van der Waals surface area contributed by atoms with Crippen molar-refractivity contribution in [1.29, 1.82) is 0 Å². The quantitative estimate of drug-likeness (QED) is 0.600. The normalized spacial score (nSPS) is 10.6. The number of rotatable bonds is 6. The second kappa shape index (κ2) is 7.98. The van der Waals surface area contributed by atoms with Gasteiger partial charge < -0.3 is 14.2 Å². The van der Waals surface area contributed by atoms with Crippen LogP contribution >= 0.6 is 0 Å². The molecular formula is C18H19NO4. The number of hydrogen-bond acceptors (Lipinski definition) is 5. The molecule has 0 bridgehead atoms. The molecule has 0 spiro atoms. The zero-order valence-electron chi connectivity index (χ0n) is 13.4. The summed E-state index contributed by atoms with van der Waals surface area (Å²) in [5, 5.41) is 0. The minimum absolute atomic E-state index is 0.362. The molecule has 0 aliphatic carbocycles. The predicted octanol–water partition coefficient (Wildman–Crippen LogP) is 3.74. The maximum Gasteiger partial charge on any atom is 0.343 e. The Balaban J connectivity index is 2.21. The Kier molecular flexibility index (Phi) is 5.74.